The Labute approximate surface area is 176 Å². The maximum absolute atomic E-state index is 12.5. The molecule has 0 rings (SSSR count). The molecule has 0 aliphatic carbocycles. The lowest BCUT2D eigenvalue weighted by Gasteiger charge is -2.23. The van der Waals surface area contributed by atoms with E-state index >= 15 is 0 Å². The van der Waals surface area contributed by atoms with E-state index < -0.39 is 60.8 Å². The fourth-order valence-corrected chi connectivity index (χ4v) is 2.66. The summed E-state index contributed by atoms with van der Waals surface area (Å²) in [5.74, 6) is -4.13. The first-order valence-corrected chi connectivity index (χ1v) is 9.91. The Morgan fingerprint density at radius 3 is 1.87 bits per heavy atom. The quantitative estimate of drug-likeness (QED) is 0.211. The van der Waals surface area contributed by atoms with Crippen LogP contribution in [0.4, 0.5) is 0 Å². The number of carboxylic acid groups (broad SMARTS) is 2. The van der Waals surface area contributed by atoms with Crippen LogP contribution in [0.5, 0.6) is 0 Å². The zero-order valence-electron chi connectivity index (χ0n) is 17.9. The topological polar surface area (TPSA) is 188 Å². The predicted molar refractivity (Wildman–Crippen MR) is 108 cm³/mol. The number of aliphatic carboxylic acids is 2. The van der Waals surface area contributed by atoms with Gasteiger partial charge in [0.1, 0.15) is 12.1 Å². The molecule has 3 unspecified atom stereocenters. The van der Waals surface area contributed by atoms with Gasteiger partial charge < -0.3 is 31.9 Å². The molecule has 0 saturated carbocycles. The van der Waals surface area contributed by atoms with E-state index in [2.05, 4.69) is 16.0 Å². The van der Waals surface area contributed by atoms with Gasteiger partial charge in [0, 0.05) is 6.42 Å². The number of hydrogen-bond donors (Lipinski definition) is 6. The van der Waals surface area contributed by atoms with Crippen LogP contribution >= 0.6 is 0 Å². The van der Waals surface area contributed by atoms with Crippen molar-refractivity contribution >= 4 is 29.7 Å². The second kappa shape index (κ2) is 13.5. The Morgan fingerprint density at radius 1 is 0.833 bits per heavy atom. The second-order valence-corrected chi connectivity index (χ2v) is 8.04. The third-order valence-electron chi connectivity index (χ3n) is 4.11. The molecular weight excluding hydrogens is 396 g/mol. The SMILES string of the molecule is CC(C)CC(N)C(=O)NC(CC(C)C)C(=O)NCC(=O)NC(CCC(=O)O)C(=O)O. The van der Waals surface area contributed by atoms with E-state index in [0.29, 0.717) is 12.8 Å². The van der Waals surface area contributed by atoms with Crippen molar-refractivity contribution in [3.05, 3.63) is 0 Å². The molecule has 0 aromatic heterocycles. The molecule has 7 N–H and O–H groups in total. The van der Waals surface area contributed by atoms with E-state index in [4.69, 9.17) is 15.9 Å². The first-order chi connectivity index (χ1) is 13.8. The molecule has 30 heavy (non-hydrogen) atoms. The van der Waals surface area contributed by atoms with E-state index in [1.54, 1.807) is 0 Å². The molecule has 0 fully saturated rings. The van der Waals surface area contributed by atoms with Gasteiger partial charge in [-0.25, -0.2) is 4.79 Å². The van der Waals surface area contributed by atoms with Crippen molar-refractivity contribution in [1.29, 1.82) is 0 Å². The normalized spacial score (nSPS) is 14.0. The first-order valence-electron chi connectivity index (χ1n) is 9.91. The summed E-state index contributed by atoms with van der Waals surface area (Å²) in [6.07, 6.45) is 0.0635. The van der Waals surface area contributed by atoms with Gasteiger partial charge in [-0.05, 0) is 31.1 Å². The largest absolute Gasteiger partial charge is 0.481 e. The molecular formula is C19H34N4O7. The molecule has 11 heteroatoms. The molecule has 0 bridgehead atoms. The first kappa shape index (κ1) is 27.3. The summed E-state index contributed by atoms with van der Waals surface area (Å²) in [6.45, 7) is 7.06. The zero-order chi connectivity index (χ0) is 23.4. The van der Waals surface area contributed by atoms with Gasteiger partial charge in [0.05, 0.1) is 12.6 Å². The van der Waals surface area contributed by atoms with Gasteiger partial charge in [-0.3, -0.25) is 19.2 Å². The van der Waals surface area contributed by atoms with Crippen molar-refractivity contribution in [3.8, 4) is 0 Å². The minimum Gasteiger partial charge on any atom is -0.481 e. The number of nitrogens with one attached hydrogen (secondary N) is 3. The van der Waals surface area contributed by atoms with Crippen LogP contribution in [0.3, 0.4) is 0 Å². The third kappa shape index (κ3) is 12.0. The molecule has 0 aliphatic rings. The molecule has 3 amide bonds. The molecule has 0 spiro atoms. The van der Waals surface area contributed by atoms with Crippen molar-refractivity contribution in [2.45, 2.75) is 71.5 Å². The summed E-state index contributed by atoms with van der Waals surface area (Å²) in [5.41, 5.74) is 5.85. The average molecular weight is 431 g/mol. The van der Waals surface area contributed by atoms with Crippen molar-refractivity contribution in [3.63, 3.8) is 0 Å². The molecule has 3 atom stereocenters. The number of carbonyl (C=O) groups excluding carboxylic acids is 3. The van der Waals surface area contributed by atoms with Gasteiger partial charge in [-0.1, -0.05) is 27.7 Å². The van der Waals surface area contributed by atoms with Crippen LogP contribution in [0.2, 0.25) is 0 Å². The lowest BCUT2D eigenvalue weighted by Crippen LogP contribution is -2.54. The van der Waals surface area contributed by atoms with Gasteiger partial charge in [-0.15, -0.1) is 0 Å². The minimum absolute atomic E-state index is 0.0728. The van der Waals surface area contributed by atoms with E-state index in [9.17, 15) is 24.0 Å². The Morgan fingerprint density at radius 2 is 1.40 bits per heavy atom. The van der Waals surface area contributed by atoms with Crippen molar-refractivity contribution in [1.82, 2.24) is 16.0 Å². The summed E-state index contributed by atoms with van der Waals surface area (Å²) in [4.78, 5) is 58.4. The van der Waals surface area contributed by atoms with Gasteiger partial charge in [-0.2, -0.15) is 0 Å². The maximum atomic E-state index is 12.5. The molecule has 0 heterocycles. The Hall–Kier alpha value is -2.69. The Kier molecular flexibility index (Phi) is 12.3. The lowest BCUT2D eigenvalue weighted by molar-refractivity contribution is -0.143. The van der Waals surface area contributed by atoms with Crippen molar-refractivity contribution in [2.75, 3.05) is 6.54 Å². The van der Waals surface area contributed by atoms with E-state index in [1.165, 1.54) is 0 Å². The molecule has 0 saturated heterocycles. The number of carboxylic acids is 2. The standard InChI is InChI=1S/C19H34N4O7/c1-10(2)7-12(20)17(27)23-14(8-11(3)4)18(28)21-9-15(24)22-13(19(29)30)5-6-16(25)26/h10-14H,5-9,20H2,1-4H3,(H,21,28)(H,22,24)(H,23,27)(H,25,26)(H,29,30). The predicted octanol–water partition coefficient (Wildman–Crippen LogP) is -0.559. The van der Waals surface area contributed by atoms with Gasteiger partial charge in [0.25, 0.3) is 0 Å². The van der Waals surface area contributed by atoms with Crippen LogP contribution in [0, 0.1) is 11.8 Å². The number of rotatable bonds is 14. The number of nitrogens with two attached hydrogens (primary N) is 1. The van der Waals surface area contributed by atoms with Crippen LogP contribution in [0.15, 0.2) is 0 Å². The van der Waals surface area contributed by atoms with Crippen LogP contribution in [0.1, 0.15) is 53.4 Å². The van der Waals surface area contributed by atoms with Crippen LogP contribution in [-0.2, 0) is 24.0 Å². The zero-order valence-corrected chi connectivity index (χ0v) is 17.9. The molecule has 0 radical (unpaired) electrons. The highest BCUT2D eigenvalue weighted by molar-refractivity contribution is 5.92. The van der Waals surface area contributed by atoms with Gasteiger partial charge in [0.2, 0.25) is 17.7 Å². The van der Waals surface area contributed by atoms with E-state index in [-0.39, 0.29) is 18.3 Å². The van der Waals surface area contributed by atoms with Crippen LogP contribution in [0.25, 0.3) is 0 Å². The highest BCUT2D eigenvalue weighted by atomic mass is 16.4. The summed E-state index contributed by atoms with van der Waals surface area (Å²) in [5, 5.41) is 24.8. The van der Waals surface area contributed by atoms with E-state index in [0.717, 1.165) is 0 Å². The number of carbonyl (C=O) groups is 5. The van der Waals surface area contributed by atoms with Gasteiger partial charge in [0.15, 0.2) is 0 Å². The molecule has 172 valence electrons. The summed E-state index contributed by atoms with van der Waals surface area (Å²) >= 11 is 0. The minimum atomic E-state index is -1.38. The van der Waals surface area contributed by atoms with Crippen LogP contribution in [-0.4, -0.2) is 64.5 Å². The molecule has 11 nitrogen and oxygen atoms in total. The summed E-state index contributed by atoms with van der Waals surface area (Å²) in [7, 11) is 0. The second-order valence-electron chi connectivity index (χ2n) is 8.04. The summed E-state index contributed by atoms with van der Waals surface area (Å²) < 4.78 is 0. The highest BCUT2D eigenvalue weighted by Crippen LogP contribution is 2.07. The number of amides is 3. The number of hydrogen-bond acceptors (Lipinski definition) is 6. The fourth-order valence-electron chi connectivity index (χ4n) is 2.66. The van der Waals surface area contributed by atoms with Crippen molar-refractivity contribution in [2.24, 2.45) is 17.6 Å². The van der Waals surface area contributed by atoms with E-state index in [1.807, 2.05) is 27.7 Å². The lowest BCUT2D eigenvalue weighted by atomic mass is 10.0. The van der Waals surface area contributed by atoms with Crippen molar-refractivity contribution < 1.29 is 34.2 Å². The summed E-state index contributed by atoms with van der Waals surface area (Å²) in [6, 6.07) is -3.04. The van der Waals surface area contributed by atoms with Gasteiger partial charge >= 0.3 is 11.9 Å². The molecule has 0 aromatic rings. The maximum Gasteiger partial charge on any atom is 0.326 e. The smallest absolute Gasteiger partial charge is 0.326 e. The van der Waals surface area contributed by atoms with Crippen LogP contribution < -0.4 is 21.7 Å². The average Bonchev–Trinajstić information content (AvgIpc) is 2.60. The highest BCUT2D eigenvalue weighted by Gasteiger charge is 2.26. The Balaban J connectivity index is 4.83. The monoisotopic (exact) mass is 430 g/mol. The fraction of sp³-hybridized carbons (Fsp3) is 0.737. The molecule has 0 aliphatic heterocycles. The third-order valence-corrected chi connectivity index (χ3v) is 4.11. The molecule has 0 aromatic carbocycles. The Bertz CT molecular complexity index is 622.